The molecular formula is C24H41N5O4. The summed E-state index contributed by atoms with van der Waals surface area (Å²) >= 11 is 0. The molecule has 1 fully saturated rings. The number of likely N-dealkylation sites (N-methyl/N-ethyl adjacent to an activating group) is 2. The Balaban J connectivity index is 2.18. The number of carboxylic acid groups (broad SMARTS) is 2. The van der Waals surface area contributed by atoms with Crippen LogP contribution in [0.25, 0.3) is 0 Å². The monoisotopic (exact) mass is 463 g/mol. The number of carboxylic acids is 2. The van der Waals surface area contributed by atoms with Crippen LogP contribution < -0.4 is 5.32 Å². The zero-order valence-corrected chi connectivity index (χ0v) is 20.4. The highest BCUT2D eigenvalue weighted by Crippen LogP contribution is 2.12. The van der Waals surface area contributed by atoms with Crippen molar-refractivity contribution in [1.29, 1.82) is 0 Å². The average molecular weight is 464 g/mol. The molecule has 1 aromatic rings. The van der Waals surface area contributed by atoms with Crippen LogP contribution in [0.5, 0.6) is 0 Å². The number of rotatable bonds is 9. The van der Waals surface area contributed by atoms with Gasteiger partial charge < -0.3 is 25.3 Å². The van der Waals surface area contributed by atoms with Crippen molar-refractivity contribution >= 4 is 11.9 Å². The Labute approximate surface area is 197 Å². The van der Waals surface area contributed by atoms with Gasteiger partial charge in [-0.2, -0.15) is 0 Å². The molecule has 186 valence electrons. The molecule has 1 heterocycles. The Morgan fingerprint density at radius 3 is 2.03 bits per heavy atom. The lowest BCUT2D eigenvalue weighted by molar-refractivity contribution is -0.138. The van der Waals surface area contributed by atoms with Gasteiger partial charge in [0.1, 0.15) is 0 Å². The first-order chi connectivity index (χ1) is 15.7. The van der Waals surface area contributed by atoms with Gasteiger partial charge in [-0.3, -0.25) is 19.4 Å². The lowest BCUT2D eigenvalue weighted by atomic mass is 10.0. The van der Waals surface area contributed by atoms with Gasteiger partial charge >= 0.3 is 11.9 Å². The van der Waals surface area contributed by atoms with E-state index in [0.717, 1.165) is 45.7 Å². The molecule has 0 spiro atoms. The molecule has 0 bridgehead atoms. The predicted molar refractivity (Wildman–Crippen MR) is 130 cm³/mol. The molecular weight excluding hydrogens is 422 g/mol. The standard InChI is InChI=1S/C24H41N5O4/c1-20-4-6-21(7-5-20)16-22(17-25-18-23(30)31)29-14-11-27(3)9-8-26(2)10-12-28(13-15-29)19-24(32)33/h4-7,22,25H,8-19H2,1-3H3,(H,30,31)(H,32,33). The van der Waals surface area contributed by atoms with Gasteiger partial charge in [0.15, 0.2) is 0 Å². The van der Waals surface area contributed by atoms with E-state index in [1.807, 2.05) is 4.90 Å². The van der Waals surface area contributed by atoms with E-state index in [4.69, 9.17) is 5.11 Å². The first-order valence-corrected chi connectivity index (χ1v) is 11.8. The Kier molecular flexibility index (Phi) is 11.8. The summed E-state index contributed by atoms with van der Waals surface area (Å²) in [7, 11) is 4.21. The lowest BCUT2D eigenvalue weighted by Crippen LogP contribution is -2.51. The second kappa shape index (κ2) is 14.3. The van der Waals surface area contributed by atoms with Crippen LogP contribution in [0.4, 0.5) is 0 Å². The quantitative estimate of drug-likeness (QED) is 0.472. The normalized spacial score (nSPS) is 19.5. The van der Waals surface area contributed by atoms with Gasteiger partial charge in [-0.15, -0.1) is 0 Å². The van der Waals surface area contributed by atoms with Crippen molar-refractivity contribution in [3.63, 3.8) is 0 Å². The number of benzene rings is 1. The lowest BCUT2D eigenvalue weighted by Gasteiger charge is -2.36. The van der Waals surface area contributed by atoms with Crippen LogP contribution in [0, 0.1) is 6.92 Å². The summed E-state index contributed by atoms with van der Waals surface area (Å²) in [4.78, 5) is 31.5. The third-order valence-corrected chi connectivity index (χ3v) is 6.26. The maximum absolute atomic E-state index is 11.4. The first kappa shape index (κ1) is 27.2. The average Bonchev–Trinajstić information content (AvgIpc) is 2.75. The third kappa shape index (κ3) is 11.1. The number of aliphatic carboxylic acids is 2. The van der Waals surface area contributed by atoms with Gasteiger partial charge in [0.2, 0.25) is 0 Å². The SMILES string of the molecule is Cc1ccc(CC(CNCC(=O)O)N2CCN(C)CCN(C)CCN(CC(=O)O)CC2)cc1. The van der Waals surface area contributed by atoms with E-state index in [9.17, 15) is 14.7 Å². The number of carbonyl (C=O) groups is 2. The predicted octanol–water partition coefficient (Wildman–Crippen LogP) is 0.146. The third-order valence-electron chi connectivity index (χ3n) is 6.26. The number of nitrogens with zero attached hydrogens (tertiary/aromatic N) is 4. The largest absolute Gasteiger partial charge is 0.480 e. The Morgan fingerprint density at radius 1 is 0.879 bits per heavy atom. The molecule has 1 aliphatic rings. The number of nitrogens with one attached hydrogen (secondary N) is 1. The topological polar surface area (TPSA) is 99.6 Å². The van der Waals surface area contributed by atoms with Gasteiger partial charge in [0, 0.05) is 64.9 Å². The zero-order valence-electron chi connectivity index (χ0n) is 20.4. The van der Waals surface area contributed by atoms with Crippen LogP contribution in [0.2, 0.25) is 0 Å². The Hall–Kier alpha value is -2.04. The fourth-order valence-electron chi connectivity index (χ4n) is 4.06. The number of aryl methyl sites for hydroxylation is 1. The van der Waals surface area contributed by atoms with E-state index in [2.05, 4.69) is 65.3 Å². The molecule has 1 aromatic carbocycles. The highest BCUT2D eigenvalue weighted by molar-refractivity contribution is 5.69. The second-order valence-electron chi connectivity index (χ2n) is 9.18. The van der Waals surface area contributed by atoms with E-state index in [-0.39, 0.29) is 19.1 Å². The molecule has 1 atom stereocenters. The minimum atomic E-state index is -0.866. The van der Waals surface area contributed by atoms with Crippen molar-refractivity contribution in [3.8, 4) is 0 Å². The molecule has 9 heteroatoms. The number of hydrogen-bond acceptors (Lipinski definition) is 7. The van der Waals surface area contributed by atoms with Gasteiger partial charge in [-0.25, -0.2) is 0 Å². The molecule has 3 N–H and O–H groups in total. The maximum Gasteiger partial charge on any atom is 0.317 e. The smallest absolute Gasteiger partial charge is 0.317 e. The van der Waals surface area contributed by atoms with E-state index < -0.39 is 11.9 Å². The molecule has 0 aliphatic carbocycles. The molecule has 33 heavy (non-hydrogen) atoms. The van der Waals surface area contributed by atoms with Crippen LogP contribution in [0.1, 0.15) is 11.1 Å². The van der Waals surface area contributed by atoms with Gasteiger partial charge in [0.25, 0.3) is 0 Å². The zero-order chi connectivity index (χ0) is 24.2. The van der Waals surface area contributed by atoms with Crippen molar-refractivity contribution in [2.75, 3.05) is 86.1 Å². The molecule has 0 saturated carbocycles. The van der Waals surface area contributed by atoms with Crippen LogP contribution in [0.15, 0.2) is 24.3 Å². The van der Waals surface area contributed by atoms with Gasteiger partial charge in [-0.05, 0) is 33.0 Å². The van der Waals surface area contributed by atoms with Crippen LogP contribution in [0.3, 0.4) is 0 Å². The van der Waals surface area contributed by atoms with Crippen molar-refractivity contribution in [2.24, 2.45) is 0 Å². The molecule has 0 radical (unpaired) electrons. The van der Waals surface area contributed by atoms with E-state index >= 15 is 0 Å². The molecule has 0 amide bonds. The van der Waals surface area contributed by atoms with E-state index in [0.29, 0.717) is 19.6 Å². The Morgan fingerprint density at radius 2 is 1.42 bits per heavy atom. The van der Waals surface area contributed by atoms with Crippen molar-refractivity contribution < 1.29 is 19.8 Å². The fraction of sp³-hybridized carbons (Fsp3) is 0.667. The van der Waals surface area contributed by atoms with E-state index in [1.54, 1.807) is 0 Å². The van der Waals surface area contributed by atoms with Gasteiger partial charge in [-0.1, -0.05) is 29.8 Å². The number of hydrogen-bond donors (Lipinski definition) is 3. The summed E-state index contributed by atoms with van der Waals surface area (Å²) < 4.78 is 0. The molecule has 1 saturated heterocycles. The summed E-state index contributed by atoms with van der Waals surface area (Å²) in [6.45, 7) is 9.13. The minimum absolute atomic E-state index is 0.0292. The van der Waals surface area contributed by atoms with Gasteiger partial charge in [0.05, 0.1) is 13.1 Å². The first-order valence-electron chi connectivity index (χ1n) is 11.8. The van der Waals surface area contributed by atoms with Crippen molar-refractivity contribution in [1.82, 2.24) is 24.9 Å². The summed E-state index contributed by atoms with van der Waals surface area (Å²) in [5, 5.41) is 21.6. The van der Waals surface area contributed by atoms with Crippen molar-refractivity contribution in [3.05, 3.63) is 35.4 Å². The van der Waals surface area contributed by atoms with Crippen LogP contribution in [-0.2, 0) is 16.0 Å². The Bertz CT molecular complexity index is 730. The molecule has 9 nitrogen and oxygen atoms in total. The van der Waals surface area contributed by atoms with Crippen LogP contribution >= 0.6 is 0 Å². The molecule has 1 aliphatic heterocycles. The highest BCUT2D eigenvalue weighted by atomic mass is 16.4. The summed E-state index contributed by atoms with van der Waals surface area (Å²) in [6, 6.07) is 8.58. The summed E-state index contributed by atoms with van der Waals surface area (Å²) in [6.07, 6.45) is 0.804. The molecule has 2 rings (SSSR count). The second-order valence-corrected chi connectivity index (χ2v) is 9.18. The van der Waals surface area contributed by atoms with Crippen LogP contribution in [-0.4, -0.2) is 134 Å². The van der Waals surface area contributed by atoms with E-state index in [1.165, 1.54) is 11.1 Å². The summed E-state index contributed by atoms with van der Waals surface area (Å²) in [5.74, 6) is -1.68. The highest BCUT2D eigenvalue weighted by Gasteiger charge is 2.22. The summed E-state index contributed by atoms with van der Waals surface area (Å²) in [5.41, 5.74) is 2.42. The molecule has 0 aromatic heterocycles. The maximum atomic E-state index is 11.4. The fourth-order valence-corrected chi connectivity index (χ4v) is 4.06. The molecule has 1 unspecified atom stereocenters. The minimum Gasteiger partial charge on any atom is -0.480 e. The van der Waals surface area contributed by atoms with Crippen molar-refractivity contribution in [2.45, 2.75) is 19.4 Å².